The molecule has 6 heteroatoms. The summed E-state index contributed by atoms with van der Waals surface area (Å²) in [6.45, 7) is 4.81. The molecule has 17 heavy (non-hydrogen) atoms. The van der Waals surface area contributed by atoms with Crippen molar-refractivity contribution in [3.05, 3.63) is 15.9 Å². The third kappa shape index (κ3) is 2.59. The molecular weight excluding hydrogens is 322 g/mol. The van der Waals surface area contributed by atoms with Crippen LogP contribution in [0.1, 0.15) is 26.7 Å². The number of nitrogens with zero attached hydrogens (tertiary/aromatic N) is 1. The molecule has 3 nitrogen and oxygen atoms in total. The van der Waals surface area contributed by atoms with E-state index in [1.54, 1.807) is 15.8 Å². The molecule has 0 saturated carbocycles. The summed E-state index contributed by atoms with van der Waals surface area (Å²) in [4.78, 5) is 0. The number of rotatable bonds is 2. The second-order valence-corrected chi connectivity index (χ2v) is 8.51. The zero-order chi connectivity index (χ0) is 12.6. The van der Waals surface area contributed by atoms with Gasteiger partial charge < -0.3 is 0 Å². The van der Waals surface area contributed by atoms with Crippen LogP contribution in [0.25, 0.3) is 0 Å². The van der Waals surface area contributed by atoms with Gasteiger partial charge in [-0.1, -0.05) is 6.92 Å². The van der Waals surface area contributed by atoms with E-state index in [4.69, 9.17) is 0 Å². The summed E-state index contributed by atoms with van der Waals surface area (Å²) in [5.41, 5.74) is 0. The molecule has 0 spiro atoms. The quantitative estimate of drug-likeness (QED) is 0.830. The van der Waals surface area contributed by atoms with Crippen LogP contribution in [0.3, 0.4) is 0 Å². The molecule has 1 aromatic heterocycles. The highest BCUT2D eigenvalue weighted by molar-refractivity contribution is 9.10. The Hall–Kier alpha value is 0.0900. The number of thiophene rings is 1. The molecule has 0 bridgehead atoms. The summed E-state index contributed by atoms with van der Waals surface area (Å²) in [5.74, 6) is 0.614. The minimum absolute atomic E-state index is 0.0951. The van der Waals surface area contributed by atoms with Gasteiger partial charge in [-0.2, -0.15) is 4.31 Å². The second-order valence-electron chi connectivity index (χ2n) is 4.65. The van der Waals surface area contributed by atoms with Gasteiger partial charge in [0.05, 0.1) is 0 Å². The highest BCUT2D eigenvalue weighted by Gasteiger charge is 2.34. The van der Waals surface area contributed by atoms with Crippen molar-refractivity contribution in [3.8, 4) is 0 Å². The van der Waals surface area contributed by atoms with Gasteiger partial charge in [0.15, 0.2) is 0 Å². The van der Waals surface area contributed by atoms with E-state index in [0.29, 0.717) is 21.1 Å². The predicted molar refractivity (Wildman–Crippen MR) is 73.8 cm³/mol. The lowest BCUT2D eigenvalue weighted by Crippen LogP contribution is -2.43. The van der Waals surface area contributed by atoms with Gasteiger partial charge >= 0.3 is 0 Å². The molecule has 1 saturated heterocycles. The molecule has 96 valence electrons. The molecule has 1 fully saturated rings. The summed E-state index contributed by atoms with van der Waals surface area (Å²) in [7, 11) is -3.32. The third-order valence-corrected chi connectivity index (χ3v) is 7.87. The van der Waals surface area contributed by atoms with Crippen LogP contribution in [-0.2, 0) is 10.0 Å². The van der Waals surface area contributed by atoms with Crippen molar-refractivity contribution in [3.63, 3.8) is 0 Å². The summed E-state index contributed by atoms with van der Waals surface area (Å²) in [6.07, 6.45) is 1.90. The number of halogens is 1. The van der Waals surface area contributed by atoms with Gasteiger partial charge in [-0.05, 0) is 53.1 Å². The van der Waals surface area contributed by atoms with Crippen LogP contribution < -0.4 is 0 Å². The van der Waals surface area contributed by atoms with Gasteiger partial charge in [-0.25, -0.2) is 8.42 Å². The van der Waals surface area contributed by atoms with E-state index >= 15 is 0 Å². The maximum atomic E-state index is 12.5. The molecule has 0 N–H and O–H groups in total. The van der Waals surface area contributed by atoms with E-state index in [1.807, 2.05) is 6.92 Å². The van der Waals surface area contributed by atoms with Gasteiger partial charge in [-0.15, -0.1) is 11.3 Å². The fourth-order valence-corrected chi connectivity index (χ4v) is 6.40. The summed E-state index contributed by atoms with van der Waals surface area (Å²) in [6, 6.07) is 1.88. The first-order chi connectivity index (χ1) is 7.93. The van der Waals surface area contributed by atoms with Gasteiger partial charge in [0.1, 0.15) is 4.21 Å². The van der Waals surface area contributed by atoms with E-state index in [2.05, 4.69) is 22.9 Å². The Morgan fingerprint density at radius 2 is 2.18 bits per heavy atom. The average molecular weight is 338 g/mol. The van der Waals surface area contributed by atoms with Gasteiger partial charge in [0.2, 0.25) is 0 Å². The third-order valence-electron chi connectivity index (χ3n) is 3.20. The first kappa shape index (κ1) is 13.5. The van der Waals surface area contributed by atoms with Crippen LogP contribution in [0, 0.1) is 5.92 Å². The molecule has 0 amide bonds. The summed E-state index contributed by atoms with van der Waals surface area (Å²) >= 11 is 4.58. The Kier molecular flexibility index (Phi) is 3.97. The van der Waals surface area contributed by atoms with Gasteiger partial charge in [-0.3, -0.25) is 0 Å². The minimum atomic E-state index is -3.32. The van der Waals surface area contributed by atoms with Crippen molar-refractivity contribution in [2.45, 2.75) is 36.9 Å². The topological polar surface area (TPSA) is 37.4 Å². The van der Waals surface area contributed by atoms with Crippen molar-refractivity contribution in [2.24, 2.45) is 5.92 Å². The van der Waals surface area contributed by atoms with E-state index < -0.39 is 10.0 Å². The van der Waals surface area contributed by atoms with Crippen molar-refractivity contribution in [1.82, 2.24) is 4.31 Å². The number of hydrogen-bond acceptors (Lipinski definition) is 3. The van der Waals surface area contributed by atoms with Crippen molar-refractivity contribution < 1.29 is 8.42 Å². The largest absolute Gasteiger partial charge is 0.253 e. The Morgan fingerprint density at radius 3 is 2.71 bits per heavy atom. The fraction of sp³-hybridized carbons (Fsp3) is 0.636. The van der Waals surface area contributed by atoms with Crippen LogP contribution in [-0.4, -0.2) is 25.3 Å². The molecule has 1 aromatic rings. The summed E-state index contributed by atoms with van der Waals surface area (Å²) in [5, 5.41) is 1.80. The first-order valence-corrected chi connectivity index (χ1v) is 8.79. The van der Waals surface area contributed by atoms with E-state index in [1.165, 1.54) is 11.3 Å². The van der Waals surface area contributed by atoms with Crippen LogP contribution >= 0.6 is 27.3 Å². The molecule has 2 atom stereocenters. The first-order valence-electron chi connectivity index (χ1n) is 5.67. The molecule has 0 radical (unpaired) electrons. The maximum Gasteiger partial charge on any atom is 0.253 e. The van der Waals surface area contributed by atoms with E-state index in [-0.39, 0.29) is 6.04 Å². The SMILES string of the molecule is CC1CCN(S(=O)(=O)c2sccc2Br)C(C)C1. The predicted octanol–water partition coefficient (Wildman–Crippen LogP) is 3.32. The zero-order valence-electron chi connectivity index (χ0n) is 9.89. The average Bonchev–Trinajstić information content (AvgIpc) is 2.64. The maximum absolute atomic E-state index is 12.5. The van der Waals surface area contributed by atoms with Crippen molar-refractivity contribution >= 4 is 37.3 Å². The van der Waals surface area contributed by atoms with Crippen molar-refractivity contribution in [1.29, 1.82) is 0 Å². The van der Waals surface area contributed by atoms with Crippen molar-refractivity contribution in [2.75, 3.05) is 6.54 Å². The Balaban J connectivity index is 2.31. The molecule has 2 unspecified atom stereocenters. The Bertz CT molecular complexity index is 497. The zero-order valence-corrected chi connectivity index (χ0v) is 13.1. The van der Waals surface area contributed by atoms with Crippen LogP contribution in [0.15, 0.2) is 20.1 Å². The molecule has 0 aliphatic carbocycles. The number of piperidine rings is 1. The number of sulfonamides is 1. The standard InChI is InChI=1S/C11H16BrNO2S2/c1-8-3-5-13(9(2)7-8)17(14,15)11-10(12)4-6-16-11/h4,6,8-9H,3,5,7H2,1-2H3. The normalized spacial score (nSPS) is 27.2. The highest BCUT2D eigenvalue weighted by Crippen LogP contribution is 2.34. The second kappa shape index (κ2) is 4.99. The fourth-order valence-electron chi connectivity index (χ4n) is 2.31. The van der Waals surface area contributed by atoms with Crippen LogP contribution in [0.2, 0.25) is 0 Å². The Labute approximate surface area is 115 Å². The lowest BCUT2D eigenvalue weighted by molar-refractivity contribution is 0.220. The lowest BCUT2D eigenvalue weighted by Gasteiger charge is -2.35. The Morgan fingerprint density at radius 1 is 1.47 bits per heavy atom. The monoisotopic (exact) mass is 337 g/mol. The lowest BCUT2D eigenvalue weighted by atomic mass is 9.95. The highest BCUT2D eigenvalue weighted by atomic mass is 79.9. The smallest absolute Gasteiger partial charge is 0.206 e. The molecule has 2 rings (SSSR count). The molecule has 1 aliphatic rings. The minimum Gasteiger partial charge on any atom is -0.206 e. The van der Waals surface area contributed by atoms with Gasteiger partial charge in [0, 0.05) is 17.1 Å². The van der Waals surface area contributed by atoms with Crippen LogP contribution in [0.5, 0.6) is 0 Å². The molecule has 2 heterocycles. The molecular formula is C11H16BrNO2S2. The summed E-state index contributed by atoms with van der Waals surface area (Å²) < 4.78 is 27.7. The number of hydrogen-bond donors (Lipinski definition) is 0. The van der Waals surface area contributed by atoms with Crippen LogP contribution in [0.4, 0.5) is 0 Å². The molecule has 0 aromatic carbocycles. The molecule has 1 aliphatic heterocycles. The van der Waals surface area contributed by atoms with E-state index in [9.17, 15) is 8.42 Å². The van der Waals surface area contributed by atoms with Gasteiger partial charge in [0.25, 0.3) is 10.0 Å². The van der Waals surface area contributed by atoms with E-state index in [0.717, 1.165) is 12.8 Å².